The molecule has 1 atom stereocenters. The number of aliphatic imine (C=N–C) groups is 2. The first-order valence-electron chi connectivity index (χ1n) is 9.07. The summed E-state index contributed by atoms with van der Waals surface area (Å²) in [7, 11) is 0. The van der Waals surface area contributed by atoms with E-state index in [9.17, 15) is 14.0 Å². The first kappa shape index (κ1) is 21.2. The summed E-state index contributed by atoms with van der Waals surface area (Å²) in [6.45, 7) is 1.73. The van der Waals surface area contributed by atoms with Gasteiger partial charge >= 0.3 is 5.97 Å². The van der Waals surface area contributed by atoms with E-state index in [0.717, 1.165) is 0 Å². The van der Waals surface area contributed by atoms with Gasteiger partial charge in [-0.2, -0.15) is 0 Å². The SMILES string of the molecule is CC1(C(N)=O)/C=C/N=C(CCCCC(=O)O)\C(c2ccc(F)cc2)=N/C=C/C1. The number of carboxylic acid groups (broad SMARTS) is 1. The minimum absolute atomic E-state index is 0.0752. The molecule has 0 fully saturated rings. The molecule has 0 aromatic heterocycles. The van der Waals surface area contributed by atoms with Gasteiger partial charge in [-0.3, -0.25) is 19.6 Å². The molecule has 1 aliphatic heterocycles. The van der Waals surface area contributed by atoms with Crippen LogP contribution in [0.15, 0.2) is 58.8 Å². The quantitative estimate of drug-likeness (QED) is 0.700. The van der Waals surface area contributed by atoms with Crippen LogP contribution in [0.2, 0.25) is 0 Å². The highest BCUT2D eigenvalue weighted by Gasteiger charge is 2.26. The Kier molecular flexibility index (Phi) is 7.37. The molecule has 1 heterocycles. The van der Waals surface area contributed by atoms with Crippen molar-refractivity contribution in [1.29, 1.82) is 0 Å². The molecule has 1 amide bonds. The fourth-order valence-corrected chi connectivity index (χ4v) is 2.70. The summed E-state index contributed by atoms with van der Waals surface area (Å²) in [5.74, 6) is -1.66. The van der Waals surface area contributed by atoms with Crippen molar-refractivity contribution in [2.24, 2.45) is 21.1 Å². The highest BCUT2D eigenvalue weighted by Crippen LogP contribution is 2.24. The van der Waals surface area contributed by atoms with Crippen LogP contribution in [0.25, 0.3) is 0 Å². The van der Waals surface area contributed by atoms with Gasteiger partial charge in [0.1, 0.15) is 5.82 Å². The van der Waals surface area contributed by atoms with E-state index in [1.54, 1.807) is 37.4 Å². The van der Waals surface area contributed by atoms with Gasteiger partial charge in [0.2, 0.25) is 5.91 Å². The van der Waals surface area contributed by atoms with Crippen LogP contribution in [0, 0.1) is 11.2 Å². The van der Waals surface area contributed by atoms with E-state index in [0.29, 0.717) is 42.7 Å². The Bertz CT molecular complexity index is 841. The van der Waals surface area contributed by atoms with E-state index in [1.165, 1.54) is 18.3 Å². The topological polar surface area (TPSA) is 105 Å². The Labute approximate surface area is 163 Å². The number of primary amides is 1. The number of carboxylic acids is 1. The predicted molar refractivity (Wildman–Crippen MR) is 107 cm³/mol. The average molecular weight is 385 g/mol. The van der Waals surface area contributed by atoms with E-state index >= 15 is 0 Å². The first-order valence-corrected chi connectivity index (χ1v) is 9.07. The normalized spacial score (nSPS) is 25.6. The third kappa shape index (κ3) is 5.97. The minimum Gasteiger partial charge on any atom is -0.481 e. The van der Waals surface area contributed by atoms with Crippen molar-refractivity contribution in [3.63, 3.8) is 0 Å². The van der Waals surface area contributed by atoms with Crippen LogP contribution >= 0.6 is 0 Å². The molecule has 6 nitrogen and oxygen atoms in total. The third-order valence-electron chi connectivity index (χ3n) is 4.53. The molecule has 0 aliphatic carbocycles. The van der Waals surface area contributed by atoms with Crippen molar-refractivity contribution in [2.45, 2.75) is 39.0 Å². The van der Waals surface area contributed by atoms with Gasteiger partial charge < -0.3 is 10.8 Å². The smallest absolute Gasteiger partial charge is 0.303 e. The molecule has 0 saturated heterocycles. The number of hydrogen-bond acceptors (Lipinski definition) is 4. The molecule has 0 saturated carbocycles. The second-order valence-corrected chi connectivity index (χ2v) is 6.85. The van der Waals surface area contributed by atoms with Crippen molar-refractivity contribution in [3.05, 3.63) is 60.2 Å². The molecule has 7 heteroatoms. The summed E-state index contributed by atoms with van der Waals surface area (Å²) in [5.41, 5.74) is 6.55. The maximum absolute atomic E-state index is 13.3. The molecule has 1 unspecified atom stereocenters. The van der Waals surface area contributed by atoms with Crippen molar-refractivity contribution in [3.8, 4) is 0 Å². The average Bonchev–Trinajstić information content (AvgIpc) is 2.65. The Morgan fingerprint density at radius 3 is 2.54 bits per heavy atom. The molecule has 1 aromatic rings. The van der Waals surface area contributed by atoms with Gasteiger partial charge in [0, 0.05) is 24.4 Å². The Balaban J connectivity index is 2.37. The summed E-state index contributed by atoms with van der Waals surface area (Å²) in [5, 5.41) is 8.81. The maximum Gasteiger partial charge on any atom is 0.303 e. The summed E-state index contributed by atoms with van der Waals surface area (Å²) in [6, 6.07) is 5.94. The third-order valence-corrected chi connectivity index (χ3v) is 4.53. The number of halogens is 1. The van der Waals surface area contributed by atoms with Crippen molar-refractivity contribution < 1.29 is 19.1 Å². The van der Waals surface area contributed by atoms with Gasteiger partial charge in [0.15, 0.2) is 0 Å². The lowest BCUT2D eigenvalue weighted by Gasteiger charge is -2.20. The first-order chi connectivity index (χ1) is 13.3. The van der Waals surface area contributed by atoms with Crippen LogP contribution in [0.1, 0.15) is 44.6 Å². The van der Waals surface area contributed by atoms with Gasteiger partial charge in [-0.25, -0.2) is 4.39 Å². The van der Waals surface area contributed by atoms with Gasteiger partial charge in [0.05, 0.1) is 16.8 Å². The number of unbranched alkanes of at least 4 members (excludes halogenated alkanes) is 1. The molecular weight excluding hydrogens is 361 g/mol. The summed E-state index contributed by atoms with van der Waals surface area (Å²) in [6.07, 6.45) is 8.60. The number of aliphatic carboxylic acids is 1. The molecule has 0 radical (unpaired) electrons. The number of amides is 1. The van der Waals surface area contributed by atoms with Crippen LogP contribution in [0.3, 0.4) is 0 Å². The Morgan fingerprint density at radius 1 is 1.18 bits per heavy atom. The molecule has 0 spiro atoms. The summed E-state index contributed by atoms with van der Waals surface area (Å²) >= 11 is 0. The molecular formula is C21H24FN3O3. The second kappa shape index (κ2) is 9.73. The Hall–Kier alpha value is -3.09. The summed E-state index contributed by atoms with van der Waals surface area (Å²) in [4.78, 5) is 31.5. The number of rotatable bonds is 7. The molecule has 148 valence electrons. The van der Waals surface area contributed by atoms with Gasteiger partial charge in [-0.15, -0.1) is 0 Å². The predicted octanol–water partition coefficient (Wildman–Crippen LogP) is 3.62. The molecule has 0 bridgehead atoms. The monoisotopic (exact) mass is 385 g/mol. The van der Waals surface area contributed by atoms with Crippen LogP contribution in [-0.2, 0) is 9.59 Å². The van der Waals surface area contributed by atoms with Crippen LogP contribution in [0.5, 0.6) is 0 Å². The zero-order chi connectivity index (χ0) is 20.6. The standard InChI is InChI=1S/C21H24FN3O3/c1-21(20(23)28)11-4-13-25-19(15-7-9-16(22)10-8-15)17(24-14-12-21)5-2-3-6-18(26)27/h4,7-10,12-14H,2-3,5-6,11H2,1H3,(H2,23,28)(H,26,27)/b13-4+,14-12+,24-17-,25-19-. The van der Waals surface area contributed by atoms with E-state index in [-0.39, 0.29) is 12.2 Å². The van der Waals surface area contributed by atoms with Gasteiger partial charge in [-0.1, -0.05) is 12.2 Å². The van der Waals surface area contributed by atoms with Crippen LogP contribution in [-0.4, -0.2) is 28.4 Å². The van der Waals surface area contributed by atoms with Gasteiger partial charge in [-0.05, 0) is 56.9 Å². The summed E-state index contributed by atoms with van der Waals surface area (Å²) < 4.78 is 13.3. The van der Waals surface area contributed by atoms with E-state index < -0.39 is 17.3 Å². The lowest BCUT2D eigenvalue weighted by molar-refractivity contribution is -0.137. The van der Waals surface area contributed by atoms with E-state index in [2.05, 4.69) is 9.98 Å². The number of carbonyl (C=O) groups excluding carboxylic acids is 1. The number of nitrogens with two attached hydrogens (primary N) is 1. The minimum atomic E-state index is -0.878. The van der Waals surface area contributed by atoms with Crippen molar-refractivity contribution >= 4 is 23.3 Å². The largest absolute Gasteiger partial charge is 0.481 e. The molecule has 28 heavy (non-hydrogen) atoms. The molecule has 1 aromatic carbocycles. The van der Waals surface area contributed by atoms with E-state index in [4.69, 9.17) is 10.8 Å². The number of nitrogens with zero attached hydrogens (tertiary/aromatic N) is 2. The Morgan fingerprint density at radius 2 is 1.89 bits per heavy atom. The number of benzene rings is 1. The number of carbonyl (C=O) groups is 2. The molecule has 2 rings (SSSR count). The van der Waals surface area contributed by atoms with Crippen LogP contribution in [0.4, 0.5) is 4.39 Å². The zero-order valence-corrected chi connectivity index (χ0v) is 15.8. The lowest BCUT2D eigenvalue weighted by atomic mass is 9.86. The van der Waals surface area contributed by atoms with Crippen molar-refractivity contribution in [2.75, 3.05) is 0 Å². The highest BCUT2D eigenvalue weighted by molar-refractivity contribution is 6.48. The maximum atomic E-state index is 13.3. The number of allylic oxidation sites excluding steroid dienone is 1. The van der Waals surface area contributed by atoms with Crippen molar-refractivity contribution in [1.82, 2.24) is 0 Å². The van der Waals surface area contributed by atoms with E-state index in [1.807, 2.05) is 0 Å². The fraction of sp³-hybridized carbons (Fsp3) is 0.333. The fourth-order valence-electron chi connectivity index (χ4n) is 2.70. The number of hydrogen-bond donors (Lipinski definition) is 2. The lowest BCUT2D eigenvalue weighted by Crippen LogP contribution is -2.32. The zero-order valence-electron chi connectivity index (χ0n) is 15.8. The van der Waals surface area contributed by atoms with Gasteiger partial charge in [0.25, 0.3) is 0 Å². The highest BCUT2D eigenvalue weighted by atomic mass is 19.1. The molecule has 1 aliphatic rings. The second-order valence-electron chi connectivity index (χ2n) is 6.85. The molecule has 3 N–H and O–H groups in total. The van der Waals surface area contributed by atoms with Crippen LogP contribution < -0.4 is 5.73 Å².